The Kier molecular flexibility index (Phi) is 6.83. The fourth-order valence-electron chi connectivity index (χ4n) is 2.50. The molecule has 4 nitrogen and oxygen atoms in total. The molecule has 0 atom stereocenters. The van der Waals surface area contributed by atoms with Gasteiger partial charge in [0.05, 0.1) is 13.2 Å². The maximum Gasteiger partial charge on any atom is 0.119 e. The van der Waals surface area contributed by atoms with Gasteiger partial charge in [0, 0.05) is 26.2 Å². The maximum absolute atomic E-state index is 5.76. The van der Waals surface area contributed by atoms with Crippen LogP contribution in [0.2, 0.25) is 0 Å². The Balaban J connectivity index is 1.55. The number of unbranched alkanes of at least 4 members (excludes halogenated alkanes) is 1. The van der Waals surface area contributed by atoms with E-state index in [9.17, 15) is 0 Å². The molecule has 118 valence electrons. The van der Waals surface area contributed by atoms with E-state index in [0.29, 0.717) is 6.61 Å². The molecule has 0 unspecified atom stereocenters. The fourth-order valence-corrected chi connectivity index (χ4v) is 2.50. The number of hydrogen-bond acceptors (Lipinski definition) is 4. The van der Waals surface area contributed by atoms with Gasteiger partial charge < -0.3 is 19.3 Å². The van der Waals surface area contributed by atoms with Gasteiger partial charge in [0.2, 0.25) is 0 Å². The number of hydrogen-bond donors (Lipinski definition) is 0. The smallest absolute Gasteiger partial charge is 0.119 e. The van der Waals surface area contributed by atoms with Crippen molar-refractivity contribution < 1.29 is 9.47 Å². The van der Waals surface area contributed by atoms with E-state index in [0.717, 1.165) is 24.5 Å². The summed E-state index contributed by atoms with van der Waals surface area (Å²) in [5, 5.41) is 0. The molecule has 1 heterocycles. The van der Waals surface area contributed by atoms with Gasteiger partial charge >= 0.3 is 0 Å². The molecule has 1 aliphatic heterocycles. The van der Waals surface area contributed by atoms with Crippen LogP contribution in [-0.2, 0) is 0 Å². The van der Waals surface area contributed by atoms with Crippen molar-refractivity contribution in [2.75, 3.05) is 53.0 Å². The first-order valence-corrected chi connectivity index (χ1v) is 8.04. The lowest BCUT2D eigenvalue weighted by molar-refractivity contribution is 0.150. The average Bonchev–Trinajstić information content (AvgIpc) is 2.51. The molecule has 1 aliphatic rings. The molecule has 1 aromatic rings. The Hall–Kier alpha value is -1.26. The van der Waals surface area contributed by atoms with Gasteiger partial charge in [-0.15, -0.1) is 0 Å². The molecule has 4 heteroatoms. The Morgan fingerprint density at radius 3 is 2.14 bits per heavy atom. The van der Waals surface area contributed by atoms with E-state index in [1.165, 1.54) is 39.1 Å². The number of ether oxygens (including phenoxy) is 2. The molecule has 1 saturated heterocycles. The fraction of sp³-hybridized carbons (Fsp3) is 0.647. The van der Waals surface area contributed by atoms with E-state index in [2.05, 4.69) is 16.8 Å². The molecule has 2 rings (SSSR count). The SMILES string of the molecule is CCOc1ccc(OCCCCN2CCN(C)CC2)cc1. The zero-order valence-electron chi connectivity index (χ0n) is 13.4. The molecule has 0 radical (unpaired) electrons. The lowest BCUT2D eigenvalue weighted by Gasteiger charge is -2.32. The lowest BCUT2D eigenvalue weighted by atomic mass is 10.2. The molecular weight excluding hydrogens is 264 g/mol. The molecule has 21 heavy (non-hydrogen) atoms. The summed E-state index contributed by atoms with van der Waals surface area (Å²) in [5.74, 6) is 1.83. The second-order valence-corrected chi connectivity index (χ2v) is 5.60. The standard InChI is InChI=1S/C17H28N2O2/c1-3-20-16-6-8-17(9-7-16)21-15-5-4-10-19-13-11-18(2)12-14-19/h6-9H,3-5,10-15H2,1-2H3. The minimum atomic E-state index is 0.701. The van der Waals surface area contributed by atoms with Gasteiger partial charge in [0.25, 0.3) is 0 Å². The molecule has 0 saturated carbocycles. The van der Waals surface area contributed by atoms with Crippen molar-refractivity contribution in [3.63, 3.8) is 0 Å². The van der Waals surface area contributed by atoms with Gasteiger partial charge in [-0.1, -0.05) is 0 Å². The van der Waals surface area contributed by atoms with Crippen molar-refractivity contribution >= 4 is 0 Å². The van der Waals surface area contributed by atoms with Crippen molar-refractivity contribution in [1.82, 2.24) is 9.80 Å². The molecule has 0 aromatic heterocycles. The van der Waals surface area contributed by atoms with Gasteiger partial charge in [-0.05, 0) is 57.6 Å². The topological polar surface area (TPSA) is 24.9 Å². The molecular formula is C17H28N2O2. The Morgan fingerprint density at radius 2 is 1.52 bits per heavy atom. The van der Waals surface area contributed by atoms with E-state index in [1.807, 2.05) is 31.2 Å². The van der Waals surface area contributed by atoms with Crippen LogP contribution in [0, 0.1) is 0 Å². The number of piperazine rings is 1. The highest BCUT2D eigenvalue weighted by Crippen LogP contribution is 2.17. The van der Waals surface area contributed by atoms with Gasteiger partial charge in [0.15, 0.2) is 0 Å². The van der Waals surface area contributed by atoms with Gasteiger partial charge in [-0.25, -0.2) is 0 Å². The van der Waals surface area contributed by atoms with Crippen molar-refractivity contribution in [3.05, 3.63) is 24.3 Å². The van der Waals surface area contributed by atoms with E-state index < -0.39 is 0 Å². The molecule has 1 fully saturated rings. The summed E-state index contributed by atoms with van der Waals surface area (Å²) < 4.78 is 11.2. The first kappa shape index (κ1) is 16.1. The quantitative estimate of drug-likeness (QED) is 0.687. The predicted octanol–water partition coefficient (Wildman–Crippen LogP) is 2.49. The van der Waals surface area contributed by atoms with Crippen LogP contribution in [-0.4, -0.2) is 62.8 Å². The number of nitrogens with zero attached hydrogens (tertiary/aromatic N) is 2. The van der Waals surface area contributed by atoms with Crippen LogP contribution in [0.25, 0.3) is 0 Å². The largest absolute Gasteiger partial charge is 0.494 e. The Morgan fingerprint density at radius 1 is 0.905 bits per heavy atom. The first-order valence-electron chi connectivity index (χ1n) is 8.04. The minimum absolute atomic E-state index is 0.701. The van der Waals surface area contributed by atoms with Crippen LogP contribution in [0.5, 0.6) is 11.5 Å². The monoisotopic (exact) mass is 292 g/mol. The summed E-state index contributed by atoms with van der Waals surface area (Å²) in [4.78, 5) is 4.95. The Labute approximate surface area is 128 Å². The van der Waals surface area contributed by atoms with E-state index in [1.54, 1.807) is 0 Å². The highest BCUT2D eigenvalue weighted by atomic mass is 16.5. The zero-order chi connectivity index (χ0) is 14.9. The second-order valence-electron chi connectivity index (χ2n) is 5.60. The molecule has 0 N–H and O–H groups in total. The summed E-state index contributed by atoms with van der Waals surface area (Å²) in [5.41, 5.74) is 0. The maximum atomic E-state index is 5.76. The van der Waals surface area contributed by atoms with Crippen molar-refractivity contribution in [2.24, 2.45) is 0 Å². The van der Waals surface area contributed by atoms with Crippen LogP contribution in [0.3, 0.4) is 0 Å². The third kappa shape index (κ3) is 5.94. The van der Waals surface area contributed by atoms with Gasteiger partial charge in [-0.2, -0.15) is 0 Å². The van der Waals surface area contributed by atoms with Crippen molar-refractivity contribution in [2.45, 2.75) is 19.8 Å². The van der Waals surface area contributed by atoms with Crippen molar-refractivity contribution in [1.29, 1.82) is 0 Å². The van der Waals surface area contributed by atoms with Crippen LogP contribution >= 0.6 is 0 Å². The van der Waals surface area contributed by atoms with E-state index >= 15 is 0 Å². The molecule has 0 amide bonds. The average molecular weight is 292 g/mol. The minimum Gasteiger partial charge on any atom is -0.494 e. The Bertz CT molecular complexity index is 386. The predicted molar refractivity (Wildman–Crippen MR) is 86.3 cm³/mol. The van der Waals surface area contributed by atoms with E-state index in [-0.39, 0.29) is 0 Å². The highest BCUT2D eigenvalue weighted by Gasteiger charge is 2.12. The summed E-state index contributed by atoms with van der Waals surface area (Å²) in [6.45, 7) is 9.48. The lowest BCUT2D eigenvalue weighted by Crippen LogP contribution is -2.44. The molecule has 0 aliphatic carbocycles. The van der Waals surface area contributed by atoms with Gasteiger partial charge in [0.1, 0.15) is 11.5 Å². The van der Waals surface area contributed by atoms with Crippen LogP contribution in [0.1, 0.15) is 19.8 Å². The van der Waals surface area contributed by atoms with Crippen LogP contribution in [0.4, 0.5) is 0 Å². The molecule has 1 aromatic carbocycles. The third-order valence-electron chi connectivity index (χ3n) is 3.87. The number of rotatable bonds is 8. The molecule has 0 spiro atoms. The third-order valence-corrected chi connectivity index (χ3v) is 3.87. The van der Waals surface area contributed by atoms with E-state index in [4.69, 9.17) is 9.47 Å². The zero-order valence-corrected chi connectivity index (χ0v) is 13.4. The van der Waals surface area contributed by atoms with Crippen molar-refractivity contribution in [3.8, 4) is 11.5 Å². The van der Waals surface area contributed by atoms with Crippen LogP contribution < -0.4 is 9.47 Å². The van der Waals surface area contributed by atoms with Crippen LogP contribution in [0.15, 0.2) is 24.3 Å². The summed E-state index contributed by atoms with van der Waals surface area (Å²) in [6.07, 6.45) is 2.32. The number of likely N-dealkylation sites (N-methyl/N-ethyl adjacent to an activating group) is 1. The molecule has 0 bridgehead atoms. The summed E-state index contributed by atoms with van der Waals surface area (Å²) >= 11 is 0. The summed E-state index contributed by atoms with van der Waals surface area (Å²) in [7, 11) is 2.20. The second kappa shape index (κ2) is 8.90. The van der Waals surface area contributed by atoms with Gasteiger partial charge in [-0.3, -0.25) is 0 Å². The number of benzene rings is 1. The first-order chi connectivity index (χ1) is 10.3. The normalized spacial score (nSPS) is 16.9. The highest BCUT2D eigenvalue weighted by molar-refractivity contribution is 5.31. The summed E-state index contributed by atoms with van der Waals surface area (Å²) in [6, 6.07) is 7.88.